The Morgan fingerprint density at radius 2 is 2.00 bits per heavy atom. The van der Waals surface area contributed by atoms with Crippen molar-refractivity contribution in [3.8, 4) is 0 Å². The first kappa shape index (κ1) is 9.02. The number of hydrogen-bond acceptors (Lipinski definition) is 9. The van der Waals surface area contributed by atoms with E-state index in [2.05, 4.69) is 15.0 Å². The summed E-state index contributed by atoms with van der Waals surface area (Å²) in [6.45, 7) is 0. The monoisotopic (exact) mass is 201 g/mol. The van der Waals surface area contributed by atoms with Crippen molar-refractivity contribution in [1.82, 2.24) is 5.06 Å². The van der Waals surface area contributed by atoms with Crippen molar-refractivity contribution in [2.24, 2.45) is 20.7 Å². The molecular weight excluding hydrogens is 194 g/mol. The molecule has 0 amide bonds. The van der Waals surface area contributed by atoms with E-state index in [0.29, 0.717) is 0 Å². The van der Waals surface area contributed by atoms with E-state index in [-0.39, 0.29) is 5.06 Å². The highest BCUT2D eigenvalue weighted by atomic mass is 16.7. The number of fused-ring (bicyclic) bond motifs is 1. The number of hydroxylamine groups is 2. The topological polar surface area (TPSA) is 147 Å². The van der Waals surface area contributed by atoms with Crippen LogP contribution in [0.15, 0.2) is 15.0 Å². The highest BCUT2D eigenvalue weighted by Crippen LogP contribution is 2.26. The molecule has 2 aliphatic heterocycles. The summed E-state index contributed by atoms with van der Waals surface area (Å²) in [5.74, 6) is -1.09. The molecule has 0 spiro atoms. The third-order valence-corrected chi connectivity index (χ3v) is 1.85. The van der Waals surface area contributed by atoms with E-state index < -0.39 is 23.4 Å². The fourth-order valence-electron chi connectivity index (χ4n) is 1.13. The predicted octanol–water partition coefficient (Wildman–Crippen LogP) is -3.23. The van der Waals surface area contributed by atoms with E-state index in [1.165, 1.54) is 0 Å². The minimum Gasteiger partial charge on any atom is -0.383 e. The van der Waals surface area contributed by atoms with Gasteiger partial charge in [0.05, 0.1) is 0 Å². The zero-order valence-corrected chi connectivity index (χ0v) is 6.73. The number of amidine groups is 2. The molecule has 0 bridgehead atoms. The Bertz CT molecular complexity index is 374. The van der Waals surface area contributed by atoms with E-state index in [9.17, 15) is 10.3 Å². The summed E-state index contributed by atoms with van der Waals surface area (Å²) in [7, 11) is 0. The zero-order valence-electron chi connectivity index (χ0n) is 6.73. The number of hydrogen-bond donors (Lipinski definition) is 5. The molecule has 1 unspecified atom stereocenters. The van der Waals surface area contributed by atoms with Crippen LogP contribution in [0.3, 0.4) is 0 Å². The maximum absolute atomic E-state index is 9.67. The van der Waals surface area contributed by atoms with Crippen LogP contribution in [0.4, 0.5) is 0 Å². The Kier molecular flexibility index (Phi) is 1.47. The van der Waals surface area contributed by atoms with Gasteiger partial charge >= 0.3 is 6.03 Å². The fraction of sp³-hybridized carbons (Fsp3) is 0.400. The molecule has 0 radical (unpaired) electrons. The van der Waals surface area contributed by atoms with Gasteiger partial charge in [0.15, 0.2) is 5.84 Å². The number of aliphatic hydroxyl groups is 3. The maximum atomic E-state index is 9.67. The van der Waals surface area contributed by atoms with E-state index in [4.69, 9.17) is 15.9 Å². The molecule has 9 nitrogen and oxygen atoms in total. The number of rotatable bonds is 0. The van der Waals surface area contributed by atoms with Crippen LogP contribution in [0, 0.1) is 0 Å². The molecule has 2 heterocycles. The summed E-state index contributed by atoms with van der Waals surface area (Å²) in [5.41, 5.74) is 3.12. The summed E-state index contributed by atoms with van der Waals surface area (Å²) in [4.78, 5) is 9.91. The summed E-state index contributed by atoms with van der Waals surface area (Å²) in [6, 6.07) is -2.94. The van der Waals surface area contributed by atoms with Gasteiger partial charge in [0, 0.05) is 0 Å². The number of nitrogens with two attached hydrogens (primary N) is 1. The first-order valence-corrected chi connectivity index (χ1v) is 3.52. The molecule has 2 rings (SSSR count). The van der Waals surface area contributed by atoms with Crippen LogP contribution in [0.5, 0.6) is 0 Å². The van der Waals surface area contributed by atoms with Gasteiger partial charge in [-0.25, -0.2) is 9.98 Å². The molecule has 0 aliphatic carbocycles. The average molecular weight is 201 g/mol. The first-order chi connectivity index (χ1) is 6.38. The molecule has 1 atom stereocenters. The van der Waals surface area contributed by atoms with Gasteiger partial charge in [-0.15, -0.1) is 0 Å². The average Bonchev–Trinajstić information content (AvgIpc) is 2.45. The molecule has 2 aliphatic rings. The fourth-order valence-corrected chi connectivity index (χ4v) is 1.13. The van der Waals surface area contributed by atoms with Crippen LogP contribution >= 0.6 is 0 Å². The summed E-state index contributed by atoms with van der Waals surface area (Å²) < 4.78 is 0. The molecule has 76 valence electrons. The molecule has 0 aromatic carbocycles. The summed E-state index contributed by atoms with van der Waals surface area (Å²) in [6.07, 6.45) is 0.919. The Balaban J connectivity index is 2.58. The van der Waals surface area contributed by atoms with Gasteiger partial charge in [0.25, 0.3) is 5.72 Å². The van der Waals surface area contributed by atoms with E-state index in [1.807, 2.05) is 0 Å². The predicted molar refractivity (Wildman–Crippen MR) is 43.3 cm³/mol. The van der Waals surface area contributed by atoms with Crippen LogP contribution in [0.2, 0.25) is 0 Å². The number of nitrogens with zero attached hydrogens (tertiary/aromatic N) is 4. The Morgan fingerprint density at radius 3 is 2.64 bits per heavy atom. The van der Waals surface area contributed by atoms with Crippen molar-refractivity contribution in [2.45, 2.75) is 11.8 Å². The van der Waals surface area contributed by atoms with Crippen molar-refractivity contribution in [3.05, 3.63) is 0 Å². The van der Waals surface area contributed by atoms with Crippen LogP contribution < -0.4 is 5.73 Å². The van der Waals surface area contributed by atoms with Gasteiger partial charge in [-0.05, 0) is 0 Å². The van der Waals surface area contributed by atoms with Gasteiger partial charge in [-0.2, -0.15) is 10.1 Å². The highest BCUT2D eigenvalue weighted by molar-refractivity contribution is 6.17. The standard InChI is InChI=1S/C5H7N5O4/c6-2-4(11)3(7-1-8-4)10(14)5(12,13)9-2/h1,11-14H,(H2,6,9). The third kappa shape index (κ3) is 0.886. The van der Waals surface area contributed by atoms with Gasteiger partial charge in [0.2, 0.25) is 5.84 Å². The second-order valence-corrected chi connectivity index (χ2v) is 2.78. The minimum absolute atomic E-state index is 0.129. The van der Waals surface area contributed by atoms with E-state index in [0.717, 1.165) is 6.34 Å². The van der Waals surface area contributed by atoms with Gasteiger partial charge in [-0.3, -0.25) is 5.21 Å². The molecule has 0 fully saturated rings. The van der Waals surface area contributed by atoms with Crippen molar-refractivity contribution in [3.63, 3.8) is 0 Å². The SMILES string of the molecule is NC1=NC(O)(O)N(O)C2=NC=NC12O. The van der Waals surface area contributed by atoms with Crippen molar-refractivity contribution in [2.75, 3.05) is 0 Å². The molecular formula is C5H7N5O4. The second-order valence-electron chi connectivity index (χ2n) is 2.78. The van der Waals surface area contributed by atoms with E-state index >= 15 is 0 Å². The molecule has 0 aromatic heterocycles. The van der Waals surface area contributed by atoms with Crippen LogP contribution in [0.1, 0.15) is 0 Å². The van der Waals surface area contributed by atoms with Gasteiger partial charge < -0.3 is 21.1 Å². The van der Waals surface area contributed by atoms with Crippen molar-refractivity contribution in [1.29, 1.82) is 0 Å². The zero-order chi connectivity index (χ0) is 10.6. The normalized spacial score (nSPS) is 33.9. The quantitative estimate of drug-likeness (QED) is 0.260. The Morgan fingerprint density at radius 1 is 1.36 bits per heavy atom. The molecule has 14 heavy (non-hydrogen) atoms. The molecule has 9 heteroatoms. The van der Waals surface area contributed by atoms with Crippen molar-refractivity contribution < 1.29 is 20.5 Å². The first-order valence-electron chi connectivity index (χ1n) is 3.52. The lowest BCUT2D eigenvalue weighted by Gasteiger charge is -2.36. The molecule has 6 N–H and O–H groups in total. The van der Waals surface area contributed by atoms with Crippen molar-refractivity contribution >= 4 is 18.0 Å². The van der Waals surface area contributed by atoms with Gasteiger partial charge in [0.1, 0.15) is 6.34 Å². The Labute approximate surface area is 77.1 Å². The lowest BCUT2D eigenvalue weighted by atomic mass is 10.1. The van der Waals surface area contributed by atoms with Crippen LogP contribution in [-0.4, -0.2) is 55.4 Å². The third-order valence-electron chi connectivity index (χ3n) is 1.85. The smallest absolute Gasteiger partial charge is 0.382 e. The maximum Gasteiger partial charge on any atom is 0.382 e. The Hall–Kier alpha value is -1.55. The number of aliphatic imine (C=N–C) groups is 3. The largest absolute Gasteiger partial charge is 0.383 e. The van der Waals surface area contributed by atoms with Crippen LogP contribution in [0.25, 0.3) is 0 Å². The van der Waals surface area contributed by atoms with E-state index in [1.54, 1.807) is 0 Å². The molecule has 0 aromatic rings. The molecule has 0 saturated carbocycles. The van der Waals surface area contributed by atoms with Gasteiger partial charge in [-0.1, -0.05) is 0 Å². The highest BCUT2D eigenvalue weighted by Gasteiger charge is 2.54. The minimum atomic E-state index is -2.94. The molecule has 0 saturated heterocycles. The lowest BCUT2D eigenvalue weighted by Crippen LogP contribution is -2.65. The van der Waals surface area contributed by atoms with Crippen LogP contribution in [-0.2, 0) is 0 Å². The lowest BCUT2D eigenvalue weighted by molar-refractivity contribution is -0.326. The second kappa shape index (κ2) is 2.27. The summed E-state index contributed by atoms with van der Waals surface area (Å²) >= 11 is 0. The summed E-state index contributed by atoms with van der Waals surface area (Å²) in [5, 5.41) is 36.9.